The third-order valence-corrected chi connectivity index (χ3v) is 7.32. The topological polar surface area (TPSA) is 81.5 Å². The minimum atomic E-state index is -1.88. The smallest absolute Gasteiger partial charge is 0.342 e. The number of carbonyl (C=O) groups excluding carboxylic acids is 1. The molecule has 8 heteroatoms. The number of carbonyl (C=O) groups is 1. The Morgan fingerprint density at radius 2 is 1.82 bits per heavy atom. The van der Waals surface area contributed by atoms with Crippen molar-refractivity contribution in [3.8, 4) is 5.75 Å². The molecule has 0 spiro atoms. The number of ether oxygens (including phenoxy) is 2. The van der Waals surface area contributed by atoms with Crippen molar-refractivity contribution >= 4 is 46.1 Å². The largest absolute Gasteiger partial charge is 0.496 e. The van der Waals surface area contributed by atoms with Gasteiger partial charge in [-0.2, -0.15) is 8.75 Å². The summed E-state index contributed by atoms with van der Waals surface area (Å²) in [4.78, 5) is 14.3. The molecule has 1 N–H and O–H groups in total. The number of esters is 1. The summed E-state index contributed by atoms with van der Waals surface area (Å²) in [5, 5.41) is 11.8. The van der Waals surface area contributed by atoms with Gasteiger partial charge in [-0.3, -0.25) is 0 Å². The minimum absolute atomic E-state index is 0.319. The van der Waals surface area contributed by atoms with E-state index in [1.807, 2.05) is 61.7 Å². The first-order valence-corrected chi connectivity index (χ1v) is 12.6. The average Bonchev–Trinajstić information content (AvgIpc) is 3.41. The van der Waals surface area contributed by atoms with Gasteiger partial charge in [0.15, 0.2) is 0 Å². The Morgan fingerprint density at radius 1 is 1.06 bits per heavy atom. The molecule has 0 aliphatic carbocycles. The van der Waals surface area contributed by atoms with E-state index in [1.165, 1.54) is 0 Å². The fraction of sp³-hybridized carbons (Fsp3) is 0.192. The van der Waals surface area contributed by atoms with Crippen LogP contribution >= 0.6 is 23.5 Å². The summed E-state index contributed by atoms with van der Waals surface area (Å²) in [5.74, 6) is -1.67. The van der Waals surface area contributed by atoms with E-state index in [-0.39, 0.29) is 0 Å². The number of aryl methyl sites for hydroxylation is 1. The van der Waals surface area contributed by atoms with Crippen molar-refractivity contribution in [3.05, 3.63) is 88.5 Å². The zero-order valence-corrected chi connectivity index (χ0v) is 20.5. The molecule has 1 aliphatic rings. The average molecular weight is 491 g/mol. The van der Waals surface area contributed by atoms with Crippen LogP contribution < -0.4 is 4.74 Å². The lowest BCUT2D eigenvalue weighted by molar-refractivity contribution is -0.185. The van der Waals surface area contributed by atoms with Crippen molar-refractivity contribution in [2.24, 2.45) is 0 Å². The van der Waals surface area contributed by atoms with E-state index in [1.54, 1.807) is 31.0 Å². The van der Waals surface area contributed by atoms with Crippen LogP contribution in [0.4, 0.5) is 0 Å². The van der Waals surface area contributed by atoms with Crippen molar-refractivity contribution in [1.82, 2.24) is 8.75 Å². The molecule has 0 radical (unpaired) electrons. The van der Waals surface area contributed by atoms with Gasteiger partial charge >= 0.3 is 5.97 Å². The molecular formula is C26H22N2O4S2. The van der Waals surface area contributed by atoms with Crippen molar-refractivity contribution in [1.29, 1.82) is 0 Å². The molecule has 4 aromatic rings. The van der Waals surface area contributed by atoms with Crippen molar-refractivity contribution in [2.75, 3.05) is 13.4 Å². The Labute approximate surface area is 205 Å². The molecule has 2 heterocycles. The molecule has 172 valence electrons. The highest BCUT2D eigenvalue weighted by Crippen LogP contribution is 2.45. The highest BCUT2D eigenvalue weighted by molar-refractivity contribution is 7.98. The van der Waals surface area contributed by atoms with Gasteiger partial charge in [0.05, 0.1) is 24.4 Å². The number of aliphatic hydroxyl groups is 1. The van der Waals surface area contributed by atoms with Crippen LogP contribution in [-0.4, -0.2) is 33.2 Å². The van der Waals surface area contributed by atoms with Crippen molar-refractivity contribution in [2.45, 2.75) is 24.0 Å². The highest BCUT2D eigenvalue weighted by Gasteiger charge is 2.48. The predicted molar refractivity (Wildman–Crippen MR) is 134 cm³/mol. The number of hydrogen-bond acceptors (Lipinski definition) is 8. The molecule has 0 amide bonds. The molecular weight excluding hydrogens is 468 g/mol. The summed E-state index contributed by atoms with van der Waals surface area (Å²) in [5.41, 5.74) is 5.33. The zero-order valence-electron chi connectivity index (χ0n) is 18.9. The molecule has 1 aromatic heterocycles. The van der Waals surface area contributed by atoms with E-state index < -0.39 is 11.8 Å². The summed E-state index contributed by atoms with van der Waals surface area (Å²) >= 11 is 2.72. The zero-order chi connectivity index (χ0) is 23.9. The summed E-state index contributed by atoms with van der Waals surface area (Å²) in [6.07, 6.45) is 2.30. The Hall–Kier alpha value is -3.20. The number of methoxy groups -OCH3 is 1. The van der Waals surface area contributed by atoms with E-state index in [0.29, 0.717) is 34.2 Å². The van der Waals surface area contributed by atoms with Crippen LogP contribution in [0.25, 0.3) is 16.6 Å². The first-order chi connectivity index (χ1) is 16.4. The lowest BCUT2D eigenvalue weighted by atomic mass is 9.87. The lowest BCUT2D eigenvalue weighted by Gasteiger charge is -2.26. The summed E-state index contributed by atoms with van der Waals surface area (Å²) in [6, 6.07) is 18.7. The van der Waals surface area contributed by atoms with Gasteiger partial charge in [-0.25, -0.2) is 4.79 Å². The number of nitrogens with zero attached hydrogens (tertiary/aromatic N) is 2. The molecule has 1 atom stereocenters. The van der Waals surface area contributed by atoms with Crippen molar-refractivity contribution in [3.63, 3.8) is 0 Å². The molecule has 34 heavy (non-hydrogen) atoms. The molecule has 0 fully saturated rings. The first-order valence-electron chi connectivity index (χ1n) is 10.6. The number of thioether (sulfide) groups is 1. The van der Waals surface area contributed by atoms with Crippen LogP contribution in [0, 0.1) is 6.92 Å². The Morgan fingerprint density at radius 3 is 2.53 bits per heavy atom. The quantitative estimate of drug-likeness (QED) is 0.296. The number of rotatable bonds is 6. The second-order valence-electron chi connectivity index (χ2n) is 8.06. The summed E-state index contributed by atoms with van der Waals surface area (Å²) in [7, 11) is 1.63. The van der Waals surface area contributed by atoms with E-state index in [0.717, 1.165) is 39.0 Å². The second-order valence-corrected chi connectivity index (χ2v) is 9.47. The van der Waals surface area contributed by atoms with Crippen LogP contribution in [0.5, 0.6) is 5.75 Å². The van der Waals surface area contributed by atoms with Gasteiger partial charge in [0.25, 0.3) is 5.79 Å². The summed E-state index contributed by atoms with van der Waals surface area (Å²) in [6.45, 7) is 1.96. The summed E-state index contributed by atoms with van der Waals surface area (Å²) < 4.78 is 19.6. The van der Waals surface area contributed by atoms with Gasteiger partial charge in [0.2, 0.25) is 0 Å². The van der Waals surface area contributed by atoms with Gasteiger partial charge in [0.1, 0.15) is 16.8 Å². The van der Waals surface area contributed by atoms with Gasteiger partial charge in [-0.1, -0.05) is 30.3 Å². The third kappa shape index (κ3) is 3.87. The number of aromatic nitrogens is 2. The fourth-order valence-corrected chi connectivity index (χ4v) is 5.21. The molecule has 1 unspecified atom stereocenters. The van der Waals surface area contributed by atoms with E-state index >= 15 is 0 Å². The van der Waals surface area contributed by atoms with Gasteiger partial charge in [-0.05, 0) is 60.2 Å². The molecule has 1 aliphatic heterocycles. The molecule has 3 aromatic carbocycles. The number of fused-ring (bicyclic) bond motifs is 1. The number of hydrogen-bond donors (Lipinski definition) is 1. The van der Waals surface area contributed by atoms with E-state index in [2.05, 4.69) is 8.75 Å². The van der Waals surface area contributed by atoms with Crippen molar-refractivity contribution < 1.29 is 19.4 Å². The maximum atomic E-state index is 13.2. The third-order valence-electron chi connectivity index (χ3n) is 6.02. The Kier molecular flexibility index (Phi) is 5.89. The maximum Gasteiger partial charge on any atom is 0.342 e. The predicted octanol–water partition coefficient (Wildman–Crippen LogP) is 5.13. The first kappa shape index (κ1) is 22.6. The molecule has 5 rings (SSSR count). The van der Waals surface area contributed by atoms with E-state index in [4.69, 9.17) is 9.47 Å². The fourth-order valence-electron chi connectivity index (χ4n) is 4.28. The number of benzene rings is 3. The van der Waals surface area contributed by atoms with Crippen LogP contribution in [-0.2, 0) is 21.7 Å². The lowest BCUT2D eigenvalue weighted by Crippen LogP contribution is -2.29. The van der Waals surface area contributed by atoms with Gasteiger partial charge in [0, 0.05) is 22.5 Å². The second kappa shape index (κ2) is 8.87. The molecule has 0 saturated heterocycles. The Balaban J connectivity index is 1.68. The monoisotopic (exact) mass is 490 g/mol. The van der Waals surface area contributed by atoms with Crippen LogP contribution in [0.15, 0.2) is 71.1 Å². The van der Waals surface area contributed by atoms with E-state index in [9.17, 15) is 9.90 Å². The van der Waals surface area contributed by atoms with Crippen LogP contribution in [0.3, 0.4) is 0 Å². The normalized spacial score (nSPS) is 17.9. The molecule has 0 bridgehead atoms. The number of cyclic esters (lactones) is 1. The van der Waals surface area contributed by atoms with Crippen LogP contribution in [0.2, 0.25) is 0 Å². The van der Waals surface area contributed by atoms with Gasteiger partial charge in [-0.15, -0.1) is 11.8 Å². The Bertz CT molecular complexity index is 1430. The molecule has 6 nitrogen and oxygen atoms in total. The van der Waals surface area contributed by atoms with Crippen LogP contribution in [0.1, 0.15) is 22.3 Å². The maximum absolute atomic E-state index is 13.2. The highest BCUT2D eigenvalue weighted by atomic mass is 32.2. The van der Waals surface area contributed by atoms with Gasteiger partial charge < -0.3 is 14.6 Å². The molecule has 0 saturated carbocycles. The standard InChI is InChI=1S/C26H22N2O4S2/c1-15-12-16(4-11-23(15)31-2)13-20-24(17-5-10-21-22(14-17)28-34-27-21)25(29)32-26(20,30)18-6-8-19(33-3)9-7-18/h4-12,14,30H,13H2,1-3H3. The minimum Gasteiger partial charge on any atom is -0.496 e. The SMILES string of the molecule is COc1ccc(CC2=C(c3ccc4nsnc4c3)C(=O)OC2(O)c2ccc(SC)cc2)cc1C.